The van der Waals surface area contributed by atoms with Crippen molar-refractivity contribution < 1.29 is 22.4 Å². The van der Waals surface area contributed by atoms with Crippen molar-refractivity contribution in [3.63, 3.8) is 0 Å². The maximum absolute atomic E-state index is 13.4. The molecule has 0 bridgehead atoms. The van der Waals surface area contributed by atoms with Crippen LogP contribution in [-0.2, 0) is 6.18 Å². The Bertz CT molecular complexity index is 687. The Kier molecular flexibility index (Phi) is 4.21. The summed E-state index contributed by atoms with van der Waals surface area (Å²) in [5, 5.41) is 0. The molecule has 0 saturated carbocycles. The van der Waals surface area contributed by atoms with Crippen LogP contribution in [-0.4, -0.2) is 5.78 Å². The third-order valence-corrected chi connectivity index (χ3v) is 2.78. The lowest BCUT2D eigenvalue weighted by molar-refractivity contribution is -0.137. The van der Waals surface area contributed by atoms with Crippen molar-refractivity contribution in [2.24, 2.45) is 0 Å². The predicted molar refractivity (Wildman–Crippen MR) is 71.2 cm³/mol. The van der Waals surface area contributed by atoms with Crippen molar-refractivity contribution >= 4 is 11.9 Å². The highest BCUT2D eigenvalue weighted by atomic mass is 19.4. The lowest BCUT2D eigenvalue weighted by Crippen LogP contribution is -2.04. The van der Waals surface area contributed by atoms with E-state index in [-0.39, 0.29) is 11.1 Å². The van der Waals surface area contributed by atoms with Crippen LogP contribution in [0.25, 0.3) is 6.08 Å². The summed E-state index contributed by atoms with van der Waals surface area (Å²) in [6, 6.07) is 9.95. The fraction of sp³-hybridized carbons (Fsp3) is 0.0625. The highest BCUT2D eigenvalue weighted by Crippen LogP contribution is 2.29. The van der Waals surface area contributed by atoms with E-state index >= 15 is 0 Å². The molecule has 21 heavy (non-hydrogen) atoms. The maximum atomic E-state index is 13.4. The van der Waals surface area contributed by atoms with Gasteiger partial charge in [-0.15, -0.1) is 0 Å². The Morgan fingerprint density at radius 1 is 1.00 bits per heavy atom. The summed E-state index contributed by atoms with van der Waals surface area (Å²) in [7, 11) is 0. The number of halogens is 4. The average Bonchev–Trinajstić information content (AvgIpc) is 2.45. The van der Waals surface area contributed by atoms with Gasteiger partial charge in [0.15, 0.2) is 5.78 Å². The lowest BCUT2D eigenvalue weighted by Gasteiger charge is -2.06. The second-order valence-corrected chi connectivity index (χ2v) is 4.30. The van der Waals surface area contributed by atoms with Gasteiger partial charge in [0.25, 0.3) is 0 Å². The fourth-order valence-corrected chi connectivity index (χ4v) is 1.74. The van der Waals surface area contributed by atoms with Crippen LogP contribution in [0.2, 0.25) is 0 Å². The average molecular weight is 294 g/mol. The molecule has 0 heterocycles. The second-order valence-electron chi connectivity index (χ2n) is 4.30. The number of rotatable bonds is 3. The van der Waals surface area contributed by atoms with Crippen molar-refractivity contribution in [2.75, 3.05) is 0 Å². The molecule has 0 aliphatic heterocycles. The Morgan fingerprint density at radius 2 is 1.71 bits per heavy atom. The quantitative estimate of drug-likeness (QED) is 0.454. The summed E-state index contributed by atoms with van der Waals surface area (Å²) < 4.78 is 51.0. The number of carbonyl (C=O) groups is 1. The zero-order valence-corrected chi connectivity index (χ0v) is 10.7. The highest BCUT2D eigenvalue weighted by molar-refractivity contribution is 6.06. The Balaban J connectivity index is 2.22. The molecule has 0 fully saturated rings. The summed E-state index contributed by atoms with van der Waals surface area (Å²) in [6.45, 7) is 0. The molecule has 2 aromatic carbocycles. The minimum absolute atomic E-state index is 0.124. The minimum Gasteiger partial charge on any atom is -0.289 e. The Labute approximate surface area is 118 Å². The maximum Gasteiger partial charge on any atom is 0.416 e. The Morgan fingerprint density at radius 3 is 2.38 bits per heavy atom. The molecule has 0 unspecified atom stereocenters. The van der Waals surface area contributed by atoms with Crippen LogP contribution in [0.1, 0.15) is 21.5 Å². The van der Waals surface area contributed by atoms with E-state index in [0.29, 0.717) is 0 Å². The first kappa shape index (κ1) is 15.0. The molecule has 0 N–H and O–H groups in total. The van der Waals surface area contributed by atoms with Gasteiger partial charge in [0.1, 0.15) is 5.82 Å². The molecular weight excluding hydrogens is 284 g/mol. The largest absolute Gasteiger partial charge is 0.416 e. The molecule has 0 saturated heterocycles. The standard InChI is InChI=1S/C16H10F4O/c17-14-7-2-1-6-13(14)15(21)9-8-11-4-3-5-12(10-11)16(18,19)20/h1-10H/b9-8+. The van der Waals surface area contributed by atoms with Gasteiger partial charge in [-0.3, -0.25) is 4.79 Å². The van der Waals surface area contributed by atoms with Crippen LogP contribution >= 0.6 is 0 Å². The normalized spacial score (nSPS) is 11.8. The topological polar surface area (TPSA) is 17.1 Å². The summed E-state index contributed by atoms with van der Waals surface area (Å²) in [6.07, 6.45) is -2.17. The molecule has 0 spiro atoms. The SMILES string of the molecule is O=C(/C=C/c1cccc(C(F)(F)F)c1)c1ccccc1F. The van der Waals surface area contributed by atoms with E-state index < -0.39 is 23.3 Å². The van der Waals surface area contributed by atoms with Gasteiger partial charge in [0, 0.05) is 0 Å². The molecular formula is C16H10F4O. The van der Waals surface area contributed by atoms with E-state index in [1.54, 1.807) is 0 Å². The van der Waals surface area contributed by atoms with Gasteiger partial charge in [0.2, 0.25) is 0 Å². The van der Waals surface area contributed by atoms with Gasteiger partial charge in [-0.25, -0.2) is 4.39 Å². The fourth-order valence-electron chi connectivity index (χ4n) is 1.74. The molecule has 0 aromatic heterocycles. The van der Waals surface area contributed by atoms with Crippen molar-refractivity contribution in [1.29, 1.82) is 0 Å². The predicted octanol–water partition coefficient (Wildman–Crippen LogP) is 4.74. The van der Waals surface area contributed by atoms with E-state index in [9.17, 15) is 22.4 Å². The molecule has 2 rings (SSSR count). The molecule has 2 aromatic rings. The third kappa shape index (κ3) is 3.78. The smallest absolute Gasteiger partial charge is 0.289 e. The van der Waals surface area contributed by atoms with E-state index in [1.165, 1.54) is 36.4 Å². The number of hydrogen-bond donors (Lipinski definition) is 0. The summed E-state index contributed by atoms with van der Waals surface area (Å²) in [5.74, 6) is -1.28. The first-order chi connectivity index (χ1) is 9.88. The number of ketones is 1. The summed E-state index contributed by atoms with van der Waals surface area (Å²) >= 11 is 0. The van der Waals surface area contributed by atoms with Gasteiger partial charge < -0.3 is 0 Å². The second kappa shape index (κ2) is 5.91. The minimum atomic E-state index is -4.45. The van der Waals surface area contributed by atoms with Gasteiger partial charge in [-0.2, -0.15) is 13.2 Å². The third-order valence-electron chi connectivity index (χ3n) is 2.78. The zero-order valence-electron chi connectivity index (χ0n) is 10.7. The number of alkyl halides is 3. The molecule has 0 amide bonds. The van der Waals surface area contributed by atoms with Crippen LogP contribution in [0.3, 0.4) is 0 Å². The molecule has 5 heteroatoms. The molecule has 1 nitrogen and oxygen atoms in total. The van der Waals surface area contributed by atoms with E-state index in [2.05, 4.69) is 0 Å². The highest BCUT2D eigenvalue weighted by Gasteiger charge is 2.30. The first-order valence-corrected chi connectivity index (χ1v) is 6.02. The van der Waals surface area contributed by atoms with Gasteiger partial charge in [-0.1, -0.05) is 30.3 Å². The van der Waals surface area contributed by atoms with Gasteiger partial charge in [0.05, 0.1) is 11.1 Å². The van der Waals surface area contributed by atoms with Crippen molar-refractivity contribution in [3.8, 4) is 0 Å². The van der Waals surface area contributed by atoms with Crippen molar-refractivity contribution in [2.45, 2.75) is 6.18 Å². The van der Waals surface area contributed by atoms with Crippen LogP contribution in [0.15, 0.2) is 54.6 Å². The van der Waals surface area contributed by atoms with Crippen LogP contribution in [0.5, 0.6) is 0 Å². The van der Waals surface area contributed by atoms with Crippen LogP contribution < -0.4 is 0 Å². The van der Waals surface area contributed by atoms with E-state index in [0.717, 1.165) is 24.3 Å². The zero-order chi connectivity index (χ0) is 15.5. The van der Waals surface area contributed by atoms with Gasteiger partial charge in [-0.05, 0) is 35.9 Å². The molecule has 0 atom stereocenters. The molecule has 0 radical (unpaired) electrons. The van der Waals surface area contributed by atoms with Crippen LogP contribution in [0.4, 0.5) is 17.6 Å². The molecule has 0 aliphatic rings. The molecule has 108 valence electrons. The van der Waals surface area contributed by atoms with Crippen molar-refractivity contribution in [3.05, 3.63) is 77.1 Å². The van der Waals surface area contributed by atoms with Crippen molar-refractivity contribution in [1.82, 2.24) is 0 Å². The number of allylic oxidation sites excluding steroid dienone is 1. The number of benzene rings is 2. The monoisotopic (exact) mass is 294 g/mol. The number of carbonyl (C=O) groups excluding carboxylic acids is 1. The van der Waals surface area contributed by atoms with Crippen LogP contribution in [0, 0.1) is 5.82 Å². The van der Waals surface area contributed by atoms with E-state index in [4.69, 9.17) is 0 Å². The number of hydrogen-bond acceptors (Lipinski definition) is 1. The Hall–Kier alpha value is -2.43. The first-order valence-electron chi connectivity index (χ1n) is 6.02. The summed E-state index contributed by atoms with van der Waals surface area (Å²) in [5.41, 5.74) is -0.710. The lowest BCUT2D eigenvalue weighted by atomic mass is 10.1. The van der Waals surface area contributed by atoms with Gasteiger partial charge >= 0.3 is 6.18 Å². The molecule has 0 aliphatic carbocycles. The van der Waals surface area contributed by atoms with E-state index in [1.807, 2.05) is 0 Å². The summed E-state index contributed by atoms with van der Waals surface area (Å²) in [4.78, 5) is 11.8.